The van der Waals surface area contributed by atoms with E-state index in [9.17, 15) is 48.8 Å². The fourth-order valence-corrected chi connectivity index (χ4v) is 9.80. The van der Waals surface area contributed by atoms with E-state index in [0.29, 0.717) is 42.8 Å². The SMILES string of the molecule is CN=C(C(=O)NCC12CC[N+](CC3=C(C(=O)O)N4C(=O)[C@@H](CC(=O)/C(=N\OC(C)(C)C(=O)O)c5csc(N)n5)[C@H]4S[C@H]3C)(CC1)CC2)c1cc(O)c(O)c(F)c1. The van der Waals surface area contributed by atoms with Crippen molar-refractivity contribution in [2.75, 3.05) is 45.5 Å². The fraction of sp³-hybridized carbons (Fsp3) is 0.500. The number of oxime groups is 1. The first-order valence-corrected chi connectivity index (χ1v) is 19.6. The minimum atomic E-state index is -1.77. The van der Waals surface area contributed by atoms with Crippen molar-refractivity contribution in [3.63, 3.8) is 0 Å². The van der Waals surface area contributed by atoms with Crippen LogP contribution in [0.1, 0.15) is 57.7 Å². The summed E-state index contributed by atoms with van der Waals surface area (Å²) < 4.78 is 14.7. The molecule has 1 aromatic heterocycles. The molecule has 5 aliphatic rings. The molecule has 6 heterocycles. The number of anilines is 1. The van der Waals surface area contributed by atoms with Gasteiger partial charge in [-0.3, -0.25) is 24.3 Å². The molecule has 17 nitrogen and oxygen atoms in total. The number of quaternary nitrogens is 1. The molecule has 5 aliphatic heterocycles. The first kappa shape index (κ1) is 40.6. The molecule has 0 saturated carbocycles. The largest absolute Gasteiger partial charge is 0.504 e. The number of amides is 2. The number of β-lactam (4-membered cyclic amide) rings is 1. The van der Waals surface area contributed by atoms with E-state index in [-0.39, 0.29) is 50.6 Å². The predicted octanol–water partition coefficient (Wildman–Crippen LogP) is 2.31. The maximum atomic E-state index is 14.1. The van der Waals surface area contributed by atoms with Crippen LogP contribution in [0.15, 0.2) is 38.9 Å². The van der Waals surface area contributed by atoms with Crippen molar-refractivity contribution in [2.24, 2.45) is 21.5 Å². The van der Waals surface area contributed by atoms with Crippen LogP contribution < -0.4 is 11.1 Å². The number of fused-ring (bicyclic) bond motifs is 4. The number of rotatable bonds is 14. The summed E-state index contributed by atoms with van der Waals surface area (Å²) in [6.07, 6.45) is 1.90. The molecule has 20 heteroatoms. The summed E-state index contributed by atoms with van der Waals surface area (Å²) in [5, 5.41) is 46.8. The Hall–Kier alpha value is -5.08. The molecule has 0 unspecified atom stereocenters. The zero-order chi connectivity index (χ0) is 40.9. The van der Waals surface area contributed by atoms with Gasteiger partial charge in [-0.15, -0.1) is 23.1 Å². The monoisotopic (exact) mass is 816 g/mol. The van der Waals surface area contributed by atoms with Crippen LogP contribution in [0.4, 0.5) is 9.52 Å². The van der Waals surface area contributed by atoms with Gasteiger partial charge in [0.1, 0.15) is 23.6 Å². The normalized spacial score (nSPS) is 26.4. The smallest absolute Gasteiger partial charge is 0.352 e. The summed E-state index contributed by atoms with van der Waals surface area (Å²) in [5.41, 5.74) is 4.04. The second kappa shape index (κ2) is 15.1. The quantitative estimate of drug-likeness (QED) is 0.0527. The number of Topliss-reactive ketones (excluding diaryl/α,β-unsaturated/α-hetero) is 1. The number of carbonyl (C=O) groups excluding carboxylic acids is 3. The van der Waals surface area contributed by atoms with E-state index in [1.807, 2.05) is 6.92 Å². The van der Waals surface area contributed by atoms with Crippen LogP contribution in [0, 0.1) is 17.2 Å². The van der Waals surface area contributed by atoms with Crippen LogP contribution in [-0.2, 0) is 28.8 Å². The number of hydrogen-bond acceptors (Lipinski definition) is 14. The highest BCUT2D eigenvalue weighted by Gasteiger charge is 2.57. The van der Waals surface area contributed by atoms with Crippen LogP contribution in [0.5, 0.6) is 11.5 Å². The Kier molecular flexibility index (Phi) is 10.9. The summed E-state index contributed by atoms with van der Waals surface area (Å²) in [7, 11) is 1.37. The van der Waals surface area contributed by atoms with E-state index in [4.69, 9.17) is 10.6 Å². The number of ketones is 1. The molecular formula is C36H43FN7O10S2+. The lowest BCUT2D eigenvalue weighted by atomic mass is 9.70. The lowest BCUT2D eigenvalue weighted by molar-refractivity contribution is -0.941. The highest BCUT2D eigenvalue weighted by Crippen LogP contribution is 2.50. The molecule has 2 aromatic rings. The number of nitrogens with zero attached hydrogens (tertiary/aromatic N) is 5. The maximum absolute atomic E-state index is 14.1. The highest BCUT2D eigenvalue weighted by atomic mass is 32.2. The number of thiazole rings is 1. The molecule has 300 valence electrons. The van der Waals surface area contributed by atoms with Gasteiger partial charge in [-0.05, 0) is 32.9 Å². The molecule has 4 fully saturated rings. The van der Waals surface area contributed by atoms with E-state index >= 15 is 0 Å². The lowest BCUT2D eigenvalue weighted by Crippen LogP contribution is -2.66. The van der Waals surface area contributed by atoms with E-state index in [1.165, 1.54) is 42.9 Å². The van der Waals surface area contributed by atoms with Gasteiger partial charge < -0.3 is 40.8 Å². The molecule has 7 rings (SSSR count). The number of phenolic OH excluding ortho intramolecular Hbond substituents is 2. The van der Waals surface area contributed by atoms with E-state index in [0.717, 1.165) is 42.7 Å². The van der Waals surface area contributed by atoms with E-state index in [1.54, 1.807) is 0 Å². The second-order valence-electron chi connectivity index (χ2n) is 15.2. The Balaban J connectivity index is 1.12. The van der Waals surface area contributed by atoms with Gasteiger partial charge in [-0.2, -0.15) is 0 Å². The number of aliphatic imine (C=N–C) groups is 1. The summed E-state index contributed by atoms with van der Waals surface area (Å²) in [6.45, 7) is 7.32. The van der Waals surface area contributed by atoms with Crippen LogP contribution in [0.25, 0.3) is 0 Å². The molecule has 7 N–H and O–H groups in total. The average molecular weight is 817 g/mol. The number of nitrogens with two attached hydrogens (primary N) is 1. The molecule has 2 bridgehead atoms. The maximum Gasteiger partial charge on any atom is 0.352 e. The third-order valence-electron chi connectivity index (χ3n) is 11.3. The molecule has 1 aromatic carbocycles. The van der Waals surface area contributed by atoms with Crippen LogP contribution >= 0.6 is 23.1 Å². The first-order chi connectivity index (χ1) is 26.3. The van der Waals surface area contributed by atoms with Crippen molar-refractivity contribution in [3.8, 4) is 11.5 Å². The topological polar surface area (TPSA) is 254 Å². The minimum absolute atomic E-state index is 0.0210. The van der Waals surface area contributed by atoms with E-state index < -0.39 is 63.7 Å². The number of carboxylic acid groups (broad SMARTS) is 2. The Bertz CT molecular complexity index is 2050. The third-order valence-corrected chi connectivity index (χ3v) is 13.5. The molecular weight excluding hydrogens is 774 g/mol. The van der Waals surface area contributed by atoms with Gasteiger partial charge in [-0.25, -0.2) is 19.0 Å². The minimum Gasteiger partial charge on any atom is -0.504 e. The van der Waals surface area contributed by atoms with Crippen LogP contribution in [-0.4, -0.2) is 132 Å². The van der Waals surface area contributed by atoms with Gasteiger partial charge in [0.2, 0.25) is 11.5 Å². The fourth-order valence-electron chi connectivity index (χ4n) is 7.75. The number of benzene rings is 1. The van der Waals surface area contributed by atoms with Crippen LogP contribution in [0.3, 0.4) is 0 Å². The average Bonchev–Trinajstić information content (AvgIpc) is 3.58. The number of halogens is 1. The Morgan fingerprint density at radius 2 is 1.80 bits per heavy atom. The van der Waals surface area contributed by atoms with Crippen molar-refractivity contribution in [1.82, 2.24) is 15.2 Å². The number of carboxylic acids is 2. The van der Waals surface area contributed by atoms with Gasteiger partial charge in [0, 0.05) is 66.5 Å². The van der Waals surface area contributed by atoms with Gasteiger partial charge >= 0.3 is 11.9 Å². The zero-order valence-electron chi connectivity index (χ0n) is 31.1. The number of thioether (sulfide) groups is 1. The Morgan fingerprint density at radius 1 is 1.14 bits per heavy atom. The molecule has 2 amide bonds. The van der Waals surface area contributed by atoms with E-state index in [2.05, 4.69) is 20.4 Å². The molecule has 0 aliphatic carbocycles. The second-order valence-corrected chi connectivity index (χ2v) is 17.6. The molecule has 4 saturated heterocycles. The number of aliphatic carboxylic acids is 2. The molecule has 0 radical (unpaired) electrons. The summed E-state index contributed by atoms with van der Waals surface area (Å²) in [6, 6.07) is 2.00. The number of carbonyl (C=O) groups is 5. The number of nitrogens with one attached hydrogen (secondary N) is 1. The Labute approximate surface area is 328 Å². The highest BCUT2D eigenvalue weighted by molar-refractivity contribution is 8.00. The standard InChI is InChI=1S/C36H42FN7O10S2/c1-17-20(14-44-8-5-36(6-9-44,7-10-44)16-40-29(48)25(39-4)18-11-21(37)28(47)24(46)12-18)27(32(50)51)43-30(49)19(31(43)56-17)13-23(45)26(22-15-55-34(38)41-22)42-54-35(2,3)33(52)53/h11-12,15,17,19,31H,5-10,13-14,16H2,1-4H3,(H6-,38,39,40,41,42,45,46,47,48,50,51,52,53)/p+1/t17-,19+,31+,36?,44?/m0/s1. The third kappa shape index (κ3) is 7.56. The molecule has 0 spiro atoms. The first-order valence-electron chi connectivity index (χ1n) is 17.8. The van der Waals surface area contributed by atoms with Gasteiger partial charge in [0.05, 0.1) is 30.9 Å². The number of nitrogen functional groups attached to an aromatic ring is 1. The predicted molar refractivity (Wildman–Crippen MR) is 203 cm³/mol. The number of piperidine rings is 3. The summed E-state index contributed by atoms with van der Waals surface area (Å²) in [5.74, 6) is -7.84. The van der Waals surface area contributed by atoms with Gasteiger partial charge in [0.25, 0.3) is 5.91 Å². The van der Waals surface area contributed by atoms with Crippen molar-refractivity contribution < 1.29 is 58.1 Å². The van der Waals surface area contributed by atoms with Crippen molar-refractivity contribution in [1.29, 1.82) is 0 Å². The molecule has 3 atom stereocenters. The van der Waals surface area contributed by atoms with Crippen molar-refractivity contribution in [2.45, 2.75) is 62.7 Å². The lowest BCUT2D eigenvalue weighted by Gasteiger charge is -2.56. The molecule has 56 heavy (non-hydrogen) atoms. The summed E-state index contributed by atoms with van der Waals surface area (Å²) >= 11 is 2.45. The van der Waals surface area contributed by atoms with Crippen LogP contribution in [0.2, 0.25) is 0 Å². The zero-order valence-corrected chi connectivity index (χ0v) is 32.7. The summed E-state index contributed by atoms with van der Waals surface area (Å²) in [4.78, 5) is 79.5. The number of aromatic hydroxyl groups is 2. The number of hydrogen-bond donors (Lipinski definition) is 6. The Morgan fingerprint density at radius 3 is 2.36 bits per heavy atom. The van der Waals surface area contributed by atoms with Crippen molar-refractivity contribution >= 4 is 69.2 Å². The number of phenols is 2. The number of aromatic nitrogens is 1. The van der Waals surface area contributed by atoms with Crippen molar-refractivity contribution in [3.05, 3.63) is 45.9 Å². The van der Waals surface area contributed by atoms with Gasteiger partial charge in [0.15, 0.2) is 33.9 Å². The van der Waals surface area contributed by atoms with Gasteiger partial charge in [-0.1, -0.05) is 5.16 Å².